The van der Waals surface area contributed by atoms with E-state index in [4.69, 9.17) is 10.8 Å². The Hall–Kier alpha value is -1.63. The summed E-state index contributed by atoms with van der Waals surface area (Å²) in [6.45, 7) is 0.193. The number of nitrogen functional groups attached to an aromatic ring is 1. The molecule has 0 aromatic heterocycles. The van der Waals surface area contributed by atoms with Gasteiger partial charge in [0.1, 0.15) is 6.10 Å². The van der Waals surface area contributed by atoms with Crippen LogP contribution in [0.3, 0.4) is 0 Å². The van der Waals surface area contributed by atoms with Crippen LogP contribution in [0.5, 0.6) is 0 Å². The molecule has 2 atom stereocenters. The van der Waals surface area contributed by atoms with Gasteiger partial charge in [-0.2, -0.15) is 0 Å². The number of nitrogens with two attached hydrogens (primary N) is 1. The van der Waals surface area contributed by atoms with Gasteiger partial charge in [0.2, 0.25) is 0 Å². The van der Waals surface area contributed by atoms with Gasteiger partial charge in [0.25, 0.3) is 0 Å². The number of anilines is 1. The van der Waals surface area contributed by atoms with Crippen molar-refractivity contribution in [1.29, 1.82) is 0 Å². The summed E-state index contributed by atoms with van der Waals surface area (Å²) in [5, 5.41) is 31.0. The standard InChI is InChI=1S/C11H16N2O4/c1-13-5-9(14)10(15)6-2-7(11(16)17)4-8(12)3-6/h2-4,9-10,13-15H,5,12H2,1H3,(H,16,17). The van der Waals surface area contributed by atoms with E-state index in [1.807, 2.05) is 0 Å². The minimum absolute atomic E-state index is 0.0179. The summed E-state index contributed by atoms with van der Waals surface area (Å²) >= 11 is 0. The zero-order valence-corrected chi connectivity index (χ0v) is 9.42. The van der Waals surface area contributed by atoms with E-state index in [0.717, 1.165) is 0 Å². The van der Waals surface area contributed by atoms with Gasteiger partial charge in [-0.3, -0.25) is 0 Å². The van der Waals surface area contributed by atoms with E-state index in [1.54, 1.807) is 7.05 Å². The molecule has 0 aliphatic rings. The molecule has 94 valence electrons. The van der Waals surface area contributed by atoms with Crippen LogP contribution in [0.1, 0.15) is 22.0 Å². The maximum Gasteiger partial charge on any atom is 0.335 e. The van der Waals surface area contributed by atoms with Crippen molar-refractivity contribution in [1.82, 2.24) is 5.32 Å². The number of benzene rings is 1. The number of nitrogens with one attached hydrogen (secondary N) is 1. The number of aliphatic hydroxyl groups is 2. The Morgan fingerprint density at radius 3 is 2.59 bits per heavy atom. The first-order chi connectivity index (χ1) is 7.95. The molecule has 1 aromatic rings. The van der Waals surface area contributed by atoms with E-state index >= 15 is 0 Å². The maximum atomic E-state index is 10.8. The van der Waals surface area contributed by atoms with Gasteiger partial charge in [-0.25, -0.2) is 4.79 Å². The Morgan fingerprint density at radius 2 is 2.06 bits per heavy atom. The zero-order chi connectivity index (χ0) is 13.0. The Labute approximate surface area is 98.7 Å². The molecular formula is C11H16N2O4. The van der Waals surface area contributed by atoms with Crippen molar-refractivity contribution in [3.05, 3.63) is 29.3 Å². The van der Waals surface area contributed by atoms with Crippen molar-refractivity contribution in [3.63, 3.8) is 0 Å². The Bertz CT molecular complexity index is 408. The number of hydrogen-bond acceptors (Lipinski definition) is 5. The lowest BCUT2D eigenvalue weighted by Crippen LogP contribution is -2.29. The van der Waals surface area contributed by atoms with E-state index < -0.39 is 18.2 Å². The lowest BCUT2D eigenvalue weighted by atomic mass is 10.0. The second-order valence-electron chi connectivity index (χ2n) is 3.76. The van der Waals surface area contributed by atoms with Crippen LogP contribution in [0.25, 0.3) is 0 Å². The van der Waals surface area contributed by atoms with E-state index in [-0.39, 0.29) is 23.4 Å². The quantitative estimate of drug-likeness (QED) is 0.446. The van der Waals surface area contributed by atoms with Crippen molar-refractivity contribution in [3.8, 4) is 0 Å². The van der Waals surface area contributed by atoms with Gasteiger partial charge < -0.3 is 26.4 Å². The summed E-state index contributed by atoms with van der Waals surface area (Å²) in [5.74, 6) is -1.13. The van der Waals surface area contributed by atoms with Gasteiger partial charge >= 0.3 is 5.97 Å². The zero-order valence-electron chi connectivity index (χ0n) is 9.42. The van der Waals surface area contributed by atoms with Crippen molar-refractivity contribution < 1.29 is 20.1 Å². The van der Waals surface area contributed by atoms with Gasteiger partial charge in [0.05, 0.1) is 11.7 Å². The fourth-order valence-corrected chi connectivity index (χ4v) is 1.51. The number of carboxylic acids is 1. The largest absolute Gasteiger partial charge is 0.478 e. The summed E-state index contributed by atoms with van der Waals surface area (Å²) in [6.07, 6.45) is -2.20. The highest BCUT2D eigenvalue weighted by Crippen LogP contribution is 2.21. The van der Waals surface area contributed by atoms with Crippen LogP contribution in [-0.4, -0.2) is 41.0 Å². The number of aliphatic hydroxyl groups excluding tert-OH is 2. The van der Waals surface area contributed by atoms with Crippen molar-refractivity contribution in [2.24, 2.45) is 0 Å². The predicted octanol–water partition coefficient (Wildman–Crippen LogP) is -0.419. The van der Waals surface area contributed by atoms with Crippen LogP contribution in [0.2, 0.25) is 0 Å². The average molecular weight is 240 g/mol. The fraction of sp³-hybridized carbons (Fsp3) is 0.364. The lowest BCUT2D eigenvalue weighted by Gasteiger charge is -2.18. The van der Waals surface area contributed by atoms with E-state index in [2.05, 4.69) is 5.32 Å². The van der Waals surface area contributed by atoms with E-state index in [0.29, 0.717) is 0 Å². The molecule has 0 heterocycles. The van der Waals surface area contributed by atoms with Gasteiger partial charge in [0, 0.05) is 12.2 Å². The van der Waals surface area contributed by atoms with Crippen LogP contribution in [-0.2, 0) is 0 Å². The summed E-state index contributed by atoms with van der Waals surface area (Å²) in [6, 6.07) is 4.03. The Balaban J connectivity index is 3.01. The van der Waals surface area contributed by atoms with Gasteiger partial charge in [-0.05, 0) is 30.8 Å². The molecule has 6 N–H and O–H groups in total. The highest BCUT2D eigenvalue weighted by molar-refractivity contribution is 5.89. The SMILES string of the molecule is CNCC(O)C(O)c1cc(N)cc(C(=O)O)c1. The first-order valence-electron chi connectivity index (χ1n) is 5.10. The third-order valence-electron chi connectivity index (χ3n) is 2.34. The van der Waals surface area contributed by atoms with Crippen molar-refractivity contribution in [2.45, 2.75) is 12.2 Å². The minimum Gasteiger partial charge on any atom is -0.478 e. The normalized spacial score (nSPS) is 14.3. The molecule has 0 fully saturated rings. The summed E-state index contributed by atoms with van der Waals surface area (Å²) in [5.41, 5.74) is 6.03. The number of aromatic carboxylic acids is 1. The molecule has 0 aliphatic carbocycles. The molecule has 0 amide bonds. The Kier molecular flexibility index (Phi) is 4.45. The molecule has 0 aliphatic heterocycles. The number of rotatable bonds is 5. The lowest BCUT2D eigenvalue weighted by molar-refractivity contribution is 0.0202. The second-order valence-corrected chi connectivity index (χ2v) is 3.76. The number of carbonyl (C=O) groups is 1. The summed E-state index contributed by atoms with van der Waals surface area (Å²) in [7, 11) is 1.64. The molecule has 0 saturated heterocycles. The van der Waals surface area contributed by atoms with Crippen LogP contribution in [0.4, 0.5) is 5.69 Å². The molecule has 0 bridgehead atoms. The topological polar surface area (TPSA) is 116 Å². The van der Waals surface area contributed by atoms with Gasteiger partial charge in [-0.1, -0.05) is 0 Å². The maximum absolute atomic E-state index is 10.8. The third-order valence-corrected chi connectivity index (χ3v) is 2.34. The molecule has 0 radical (unpaired) electrons. The smallest absolute Gasteiger partial charge is 0.335 e. The van der Waals surface area contributed by atoms with Gasteiger partial charge in [-0.15, -0.1) is 0 Å². The molecule has 1 aromatic carbocycles. The second kappa shape index (κ2) is 5.62. The van der Waals surface area contributed by atoms with Crippen LogP contribution in [0.15, 0.2) is 18.2 Å². The first kappa shape index (κ1) is 13.4. The number of likely N-dealkylation sites (N-methyl/N-ethyl adjacent to an activating group) is 1. The third kappa shape index (κ3) is 3.42. The van der Waals surface area contributed by atoms with Crippen molar-refractivity contribution >= 4 is 11.7 Å². The van der Waals surface area contributed by atoms with Crippen LogP contribution < -0.4 is 11.1 Å². The monoisotopic (exact) mass is 240 g/mol. The molecular weight excluding hydrogens is 224 g/mol. The fourth-order valence-electron chi connectivity index (χ4n) is 1.51. The number of carboxylic acid groups (broad SMARTS) is 1. The average Bonchev–Trinajstić information content (AvgIpc) is 2.27. The first-order valence-corrected chi connectivity index (χ1v) is 5.10. The molecule has 1 rings (SSSR count). The predicted molar refractivity (Wildman–Crippen MR) is 62.7 cm³/mol. The summed E-state index contributed by atoms with van der Waals surface area (Å²) < 4.78 is 0. The molecule has 2 unspecified atom stereocenters. The molecule has 6 nitrogen and oxygen atoms in total. The highest BCUT2D eigenvalue weighted by atomic mass is 16.4. The van der Waals surface area contributed by atoms with Crippen LogP contribution >= 0.6 is 0 Å². The number of hydrogen-bond donors (Lipinski definition) is 5. The molecule has 6 heteroatoms. The Morgan fingerprint density at radius 1 is 1.41 bits per heavy atom. The molecule has 0 spiro atoms. The van der Waals surface area contributed by atoms with Gasteiger partial charge in [0.15, 0.2) is 0 Å². The van der Waals surface area contributed by atoms with E-state index in [9.17, 15) is 15.0 Å². The van der Waals surface area contributed by atoms with Crippen molar-refractivity contribution in [2.75, 3.05) is 19.3 Å². The van der Waals surface area contributed by atoms with E-state index in [1.165, 1.54) is 18.2 Å². The highest BCUT2D eigenvalue weighted by Gasteiger charge is 2.19. The van der Waals surface area contributed by atoms with Crippen LogP contribution in [0, 0.1) is 0 Å². The summed E-state index contributed by atoms with van der Waals surface area (Å²) in [4.78, 5) is 10.8. The molecule has 0 saturated carbocycles. The minimum atomic E-state index is -1.18. The molecule has 17 heavy (non-hydrogen) atoms.